The molecule has 2 amide bonds. The molecule has 3 aliphatic rings. The van der Waals surface area contributed by atoms with E-state index < -0.39 is 0 Å². The molecule has 1 aromatic rings. The monoisotopic (exact) mass is 346 g/mol. The molecule has 2 fully saturated rings. The van der Waals surface area contributed by atoms with Crippen molar-refractivity contribution in [1.29, 1.82) is 0 Å². The summed E-state index contributed by atoms with van der Waals surface area (Å²) in [5.74, 6) is 0.859. The Labute approximate surface area is 148 Å². The van der Waals surface area contributed by atoms with Crippen molar-refractivity contribution in [3.05, 3.63) is 29.8 Å². The molecule has 0 aliphatic carbocycles. The minimum absolute atomic E-state index is 0.0590. The zero-order valence-electron chi connectivity index (χ0n) is 14.5. The molecule has 1 N–H and O–H groups in total. The average molecular weight is 346 g/mol. The minimum Gasteiger partial charge on any atom is -0.491 e. The Morgan fingerprint density at radius 3 is 2.40 bits per heavy atom. The highest BCUT2D eigenvalue weighted by Crippen LogP contribution is 2.31. The summed E-state index contributed by atoms with van der Waals surface area (Å²) in [6.45, 7) is 3.33. The van der Waals surface area contributed by atoms with Gasteiger partial charge in [-0.15, -0.1) is 0 Å². The van der Waals surface area contributed by atoms with Gasteiger partial charge in [0.15, 0.2) is 0 Å². The fraction of sp³-hybridized carbons (Fsp3) is 0.632. The maximum atomic E-state index is 12.9. The largest absolute Gasteiger partial charge is 0.491 e. The number of hydrogen-bond donors (Lipinski definition) is 1. The van der Waals surface area contributed by atoms with Gasteiger partial charge in [-0.25, -0.2) is 4.79 Å². The van der Waals surface area contributed by atoms with E-state index in [9.17, 15) is 4.79 Å². The number of amides is 2. The van der Waals surface area contributed by atoms with E-state index in [1.165, 1.54) is 0 Å². The Morgan fingerprint density at radius 1 is 1.08 bits per heavy atom. The second-order valence-electron chi connectivity index (χ2n) is 7.03. The highest BCUT2D eigenvalue weighted by Gasteiger charge is 2.30. The molecule has 0 saturated carbocycles. The molecule has 3 heterocycles. The van der Waals surface area contributed by atoms with Gasteiger partial charge in [-0.05, 0) is 31.7 Å². The van der Waals surface area contributed by atoms with Gasteiger partial charge < -0.3 is 24.4 Å². The van der Waals surface area contributed by atoms with Gasteiger partial charge in [0.25, 0.3) is 0 Å². The van der Waals surface area contributed by atoms with Gasteiger partial charge in [-0.3, -0.25) is 0 Å². The highest BCUT2D eigenvalue weighted by molar-refractivity contribution is 5.75. The summed E-state index contributed by atoms with van der Waals surface area (Å²) in [4.78, 5) is 14.8. The Balaban J connectivity index is 1.41. The van der Waals surface area contributed by atoms with E-state index in [1.54, 1.807) is 0 Å². The third kappa shape index (κ3) is 3.90. The second-order valence-corrected chi connectivity index (χ2v) is 7.03. The molecule has 3 atom stereocenters. The van der Waals surface area contributed by atoms with Crippen molar-refractivity contribution in [2.75, 3.05) is 32.9 Å². The van der Waals surface area contributed by atoms with Gasteiger partial charge in [-0.2, -0.15) is 0 Å². The van der Waals surface area contributed by atoms with Gasteiger partial charge in [0.1, 0.15) is 12.4 Å². The zero-order valence-corrected chi connectivity index (χ0v) is 14.5. The number of benzene rings is 1. The minimum atomic E-state index is -0.0970. The quantitative estimate of drug-likeness (QED) is 0.890. The van der Waals surface area contributed by atoms with E-state index in [0.717, 1.165) is 50.2 Å². The van der Waals surface area contributed by atoms with Crippen LogP contribution in [-0.4, -0.2) is 56.0 Å². The molecule has 0 radical (unpaired) electrons. The van der Waals surface area contributed by atoms with Crippen LogP contribution in [0.1, 0.15) is 37.3 Å². The van der Waals surface area contributed by atoms with Crippen LogP contribution in [0.15, 0.2) is 24.3 Å². The number of carbonyl (C=O) groups is 1. The number of hydrogen-bond acceptors (Lipinski definition) is 4. The Bertz CT molecular complexity index is 579. The van der Waals surface area contributed by atoms with Crippen LogP contribution in [0, 0.1) is 0 Å². The predicted octanol–water partition coefficient (Wildman–Crippen LogP) is 2.49. The van der Waals surface area contributed by atoms with Crippen LogP contribution in [-0.2, 0) is 9.47 Å². The molecule has 4 rings (SSSR count). The smallest absolute Gasteiger partial charge is 0.318 e. The Morgan fingerprint density at radius 2 is 1.76 bits per heavy atom. The maximum Gasteiger partial charge on any atom is 0.318 e. The summed E-state index contributed by atoms with van der Waals surface area (Å²) < 4.78 is 17.2. The lowest BCUT2D eigenvalue weighted by atomic mass is 10.1. The highest BCUT2D eigenvalue weighted by atomic mass is 16.5. The molecule has 2 saturated heterocycles. The molecular formula is C19H26N2O4. The van der Waals surface area contributed by atoms with Crippen LogP contribution >= 0.6 is 0 Å². The first-order chi connectivity index (χ1) is 12.3. The molecule has 3 aliphatic heterocycles. The van der Waals surface area contributed by atoms with E-state index in [-0.39, 0.29) is 24.3 Å². The van der Waals surface area contributed by atoms with Gasteiger partial charge in [-0.1, -0.05) is 18.2 Å². The van der Waals surface area contributed by atoms with Crippen molar-refractivity contribution in [3.63, 3.8) is 0 Å². The third-order valence-corrected chi connectivity index (χ3v) is 5.18. The van der Waals surface area contributed by atoms with E-state index in [1.807, 2.05) is 29.2 Å². The Hall–Kier alpha value is -1.79. The first kappa shape index (κ1) is 16.7. The van der Waals surface area contributed by atoms with E-state index in [0.29, 0.717) is 19.7 Å². The summed E-state index contributed by atoms with van der Waals surface area (Å²) in [7, 11) is 0. The summed E-state index contributed by atoms with van der Waals surface area (Å²) in [6.07, 6.45) is 4.46. The van der Waals surface area contributed by atoms with Crippen LogP contribution in [0.3, 0.4) is 0 Å². The summed E-state index contributed by atoms with van der Waals surface area (Å²) in [5, 5.41) is 3.13. The van der Waals surface area contributed by atoms with Crippen LogP contribution in [0.25, 0.3) is 0 Å². The summed E-state index contributed by atoms with van der Waals surface area (Å²) in [5.41, 5.74) is 1.05. The molecule has 3 unspecified atom stereocenters. The molecule has 25 heavy (non-hydrogen) atoms. The standard InChI is InChI=1S/C19H26N2O4/c22-19(20-17-13-25-18-8-2-1-7-16(17)18)21(11-14-5-3-9-23-14)12-15-6-4-10-24-15/h1-2,7-8,14-15,17H,3-6,9-13H2,(H,20,22). The van der Waals surface area contributed by atoms with Crippen LogP contribution in [0.4, 0.5) is 4.79 Å². The van der Waals surface area contributed by atoms with Gasteiger partial charge >= 0.3 is 6.03 Å². The maximum absolute atomic E-state index is 12.9. The van der Waals surface area contributed by atoms with Crippen LogP contribution in [0.5, 0.6) is 5.75 Å². The van der Waals surface area contributed by atoms with E-state index >= 15 is 0 Å². The number of para-hydroxylation sites is 1. The van der Waals surface area contributed by atoms with Crippen molar-refractivity contribution in [2.45, 2.75) is 43.9 Å². The molecule has 0 aromatic heterocycles. The number of carbonyl (C=O) groups excluding carboxylic acids is 1. The lowest BCUT2D eigenvalue weighted by Gasteiger charge is -2.29. The molecule has 0 spiro atoms. The van der Waals surface area contributed by atoms with Crippen LogP contribution < -0.4 is 10.1 Å². The normalized spacial score (nSPS) is 27.8. The molecule has 136 valence electrons. The van der Waals surface area contributed by atoms with Gasteiger partial charge in [0.05, 0.1) is 18.2 Å². The predicted molar refractivity (Wildman–Crippen MR) is 92.7 cm³/mol. The number of urea groups is 1. The molecule has 1 aromatic carbocycles. The number of nitrogens with one attached hydrogen (secondary N) is 1. The van der Waals surface area contributed by atoms with Gasteiger partial charge in [0, 0.05) is 31.9 Å². The van der Waals surface area contributed by atoms with Crippen molar-refractivity contribution >= 4 is 6.03 Å². The van der Waals surface area contributed by atoms with Gasteiger partial charge in [0.2, 0.25) is 0 Å². The molecule has 6 heteroatoms. The summed E-state index contributed by atoms with van der Waals surface area (Å²) >= 11 is 0. The number of rotatable bonds is 5. The first-order valence-electron chi connectivity index (χ1n) is 9.30. The van der Waals surface area contributed by atoms with E-state index in [4.69, 9.17) is 14.2 Å². The number of ether oxygens (including phenoxy) is 3. The lowest BCUT2D eigenvalue weighted by molar-refractivity contribution is 0.0491. The second kappa shape index (κ2) is 7.62. The Kier molecular flexibility index (Phi) is 5.08. The van der Waals surface area contributed by atoms with Crippen molar-refractivity contribution in [2.24, 2.45) is 0 Å². The van der Waals surface area contributed by atoms with Crippen LogP contribution in [0.2, 0.25) is 0 Å². The van der Waals surface area contributed by atoms with Crippen molar-refractivity contribution < 1.29 is 19.0 Å². The number of nitrogens with zero attached hydrogens (tertiary/aromatic N) is 1. The molecule has 6 nitrogen and oxygen atoms in total. The third-order valence-electron chi connectivity index (χ3n) is 5.18. The topological polar surface area (TPSA) is 60.0 Å². The molecule has 0 bridgehead atoms. The van der Waals surface area contributed by atoms with E-state index in [2.05, 4.69) is 5.32 Å². The zero-order chi connectivity index (χ0) is 17.1. The fourth-order valence-electron chi connectivity index (χ4n) is 3.83. The van der Waals surface area contributed by atoms with Crippen molar-refractivity contribution in [1.82, 2.24) is 10.2 Å². The first-order valence-corrected chi connectivity index (χ1v) is 9.30. The molecular weight excluding hydrogens is 320 g/mol. The summed E-state index contributed by atoms with van der Waals surface area (Å²) in [6, 6.07) is 7.72. The number of fused-ring (bicyclic) bond motifs is 1. The van der Waals surface area contributed by atoms with Crippen molar-refractivity contribution in [3.8, 4) is 5.75 Å². The SMILES string of the molecule is O=C(NC1COc2ccccc21)N(CC1CCCO1)CC1CCCO1. The fourth-order valence-corrected chi connectivity index (χ4v) is 3.83. The average Bonchev–Trinajstić information content (AvgIpc) is 3.37. The lowest BCUT2D eigenvalue weighted by Crippen LogP contribution is -2.48.